The Hall–Kier alpha value is -3.20. The van der Waals surface area contributed by atoms with Crippen molar-refractivity contribution in [1.82, 2.24) is 23.8 Å². The number of nitrogens with zero attached hydrogens (tertiary/aromatic N) is 5. The maximum Gasteiger partial charge on any atom is 0.338 e. The fourth-order valence-electron chi connectivity index (χ4n) is 7.43. The maximum atomic E-state index is 14.2. The van der Waals surface area contributed by atoms with E-state index in [9.17, 15) is 9.59 Å². The van der Waals surface area contributed by atoms with Gasteiger partial charge in [-0.25, -0.2) is 4.79 Å². The summed E-state index contributed by atoms with van der Waals surface area (Å²) >= 11 is 0. The van der Waals surface area contributed by atoms with Gasteiger partial charge in [0.15, 0.2) is 0 Å². The summed E-state index contributed by atoms with van der Waals surface area (Å²) < 4.78 is 10.3. The van der Waals surface area contributed by atoms with Crippen molar-refractivity contribution in [2.45, 2.75) is 51.6 Å². The van der Waals surface area contributed by atoms with Crippen molar-refractivity contribution in [3.8, 4) is 0 Å². The zero-order valence-electron chi connectivity index (χ0n) is 24.7. The molecule has 3 fully saturated rings. The lowest BCUT2D eigenvalue weighted by Crippen LogP contribution is -2.26. The van der Waals surface area contributed by atoms with Crippen LogP contribution in [0.4, 0.5) is 0 Å². The normalized spacial score (nSPS) is 18.8. The highest BCUT2D eigenvalue weighted by Gasteiger charge is 2.23. The molecule has 8 heteroatoms. The number of aromatic nitrogens is 2. The summed E-state index contributed by atoms with van der Waals surface area (Å²) in [6, 6.07) is 13.9. The van der Waals surface area contributed by atoms with Crippen LogP contribution in [0, 0.1) is 0 Å². The third-order valence-electron chi connectivity index (χ3n) is 9.71. The van der Waals surface area contributed by atoms with Crippen LogP contribution in [-0.2, 0) is 17.8 Å². The van der Waals surface area contributed by atoms with Gasteiger partial charge >= 0.3 is 5.97 Å². The van der Waals surface area contributed by atoms with Gasteiger partial charge in [-0.05, 0) is 108 Å². The molecule has 0 atom stereocenters. The first kappa shape index (κ1) is 27.6. The largest absolute Gasteiger partial charge is 0.461 e. The second-order valence-electron chi connectivity index (χ2n) is 12.4. The predicted octanol–water partition coefficient (Wildman–Crippen LogP) is 4.55. The summed E-state index contributed by atoms with van der Waals surface area (Å²) in [5, 5.41) is 1.72. The Morgan fingerprint density at radius 2 is 1.17 bits per heavy atom. The van der Waals surface area contributed by atoms with Gasteiger partial charge in [-0.15, -0.1) is 0 Å². The van der Waals surface area contributed by atoms with Gasteiger partial charge in [0.2, 0.25) is 5.43 Å². The summed E-state index contributed by atoms with van der Waals surface area (Å²) in [6.07, 6.45) is 7.43. The van der Waals surface area contributed by atoms with Gasteiger partial charge in [-0.3, -0.25) is 9.69 Å². The van der Waals surface area contributed by atoms with Crippen LogP contribution in [-0.4, -0.2) is 95.3 Å². The van der Waals surface area contributed by atoms with Gasteiger partial charge in [0.25, 0.3) is 0 Å². The number of hydrogen-bond acceptors (Lipinski definition) is 6. The lowest BCUT2D eigenvalue weighted by atomic mass is 10.1. The van der Waals surface area contributed by atoms with E-state index in [1.807, 2.05) is 36.4 Å². The van der Waals surface area contributed by atoms with Crippen molar-refractivity contribution < 1.29 is 9.53 Å². The Morgan fingerprint density at radius 3 is 1.81 bits per heavy atom. The first-order chi connectivity index (χ1) is 20.7. The van der Waals surface area contributed by atoms with E-state index in [0.29, 0.717) is 12.2 Å². The molecular formula is C34H43N5O3. The van der Waals surface area contributed by atoms with Crippen molar-refractivity contribution in [3.05, 3.63) is 58.3 Å². The molecule has 0 spiro atoms. The summed E-state index contributed by atoms with van der Waals surface area (Å²) in [7, 11) is 0. The third-order valence-corrected chi connectivity index (χ3v) is 9.71. The molecule has 42 heavy (non-hydrogen) atoms. The van der Waals surface area contributed by atoms with E-state index in [-0.39, 0.29) is 11.4 Å². The van der Waals surface area contributed by atoms with Crippen molar-refractivity contribution in [2.75, 3.05) is 65.5 Å². The standard InChI is InChI=1S/C34H43N5O3/c40-33-27-9-1-2-10-29(27)38(21-19-35-13-3-4-14-35)31-28-25-26(34(41)42-24-23-37-17-7-8-18-37)11-12-30(28)39(32(31)33)22-20-36-15-5-6-16-36/h1-2,9-12,25H,3-8,13-24H2. The molecule has 0 N–H and O–H groups in total. The number of carbonyl (C=O) groups is 1. The topological polar surface area (TPSA) is 63.0 Å². The lowest BCUT2D eigenvalue weighted by Gasteiger charge is -2.19. The molecule has 0 saturated carbocycles. The molecule has 0 bridgehead atoms. The number of fused-ring (bicyclic) bond motifs is 4. The van der Waals surface area contributed by atoms with Crippen LogP contribution in [0.3, 0.4) is 0 Å². The molecule has 3 aliphatic heterocycles. The van der Waals surface area contributed by atoms with Gasteiger partial charge in [0.05, 0.1) is 22.1 Å². The van der Waals surface area contributed by atoms with Crippen LogP contribution >= 0.6 is 0 Å². The lowest BCUT2D eigenvalue weighted by molar-refractivity contribution is 0.0472. The number of hydrogen-bond donors (Lipinski definition) is 0. The Morgan fingerprint density at radius 1 is 0.619 bits per heavy atom. The Bertz CT molecular complexity index is 1640. The highest BCUT2D eigenvalue weighted by Crippen LogP contribution is 2.32. The van der Waals surface area contributed by atoms with E-state index in [1.165, 1.54) is 38.5 Å². The first-order valence-electron chi connectivity index (χ1n) is 16.1. The zero-order chi connectivity index (χ0) is 28.5. The van der Waals surface area contributed by atoms with E-state index >= 15 is 0 Å². The third kappa shape index (κ3) is 5.36. The fourth-order valence-corrected chi connectivity index (χ4v) is 7.43. The second kappa shape index (κ2) is 12.2. The fraction of sp³-hybridized carbons (Fsp3) is 0.529. The van der Waals surface area contributed by atoms with Crippen LogP contribution in [0.25, 0.3) is 32.8 Å². The number of pyridine rings is 1. The summed E-state index contributed by atoms with van der Waals surface area (Å²) in [4.78, 5) is 34.8. The molecule has 2 aromatic heterocycles. The maximum absolute atomic E-state index is 14.2. The molecule has 7 rings (SSSR count). The monoisotopic (exact) mass is 569 g/mol. The quantitative estimate of drug-likeness (QED) is 0.261. The molecular weight excluding hydrogens is 526 g/mol. The first-order valence-corrected chi connectivity index (χ1v) is 16.1. The van der Waals surface area contributed by atoms with Crippen LogP contribution in [0.1, 0.15) is 48.9 Å². The molecule has 0 amide bonds. The van der Waals surface area contributed by atoms with E-state index in [2.05, 4.69) is 29.9 Å². The van der Waals surface area contributed by atoms with Crippen molar-refractivity contribution in [1.29, 1.82) is 0 Å². The van der Waals surface area contributed by atoms with Gasteiger partial charge < -0.3 is 23.7 Å². The van der Waals surface area contributed by atoms with E-state index in [1.54, 1.807) is 0 Å². The zero-order valence-corrected chi connectivity index (χ0v) is 24.7. The van der Waals surface area contributed by atoms with Crippen molar-refractivity contribution in [2.24, 2.45) is 0 Å². The molecule has 0 unspecified atom stereocenters. The molecule has 3 aliphatic rings. The number of esters is 1. The number of benzene rings is 2. The highest BCUT2D eigenvalue weighted by molar-refractivity contribution is 6.11. The Labute approximate surface area is 247 Å². The van der Waals surface area contributed by atoms with Crippen LogP contribution < -0.4 is 5.43 Å². The summed E-state index contributed by atoms with van der Waals surface area (Å²) in [5.41, 5.74) is 4.30. The van der Waals surface area contributed by atoms with Crippen LogP contribution in [0.2, 0.25) is 0 Å². The van der Waals surface area contributed by atoms with Crippen LogP contribution in [0.15, 0.2) is 47.3 Å². The minimum Gasteiger partial charge on any atom is -0.461 e. The summed E-state index contributed by atoms with van der Waals surface area (Å²) in [6.45, 7) is 11.3. The summed E-state index contributed by atoms with van der Waals surface area (Å²) in [5.74, 6) is -0.291. The second-order valence-corrected chi connectivity index (χ2v) is 12.4. The van der Waals surface area contributed by atoms with Crippen molar-refractivity contribution >= 4 is 38.8 Å². The Balaban J connectivity index is 1.32. The Kier molecular flexibility index (Phi) is 8.02. The number of ether oxygens (including phenoxy) is 1. The van der Waals surface area contributed by atoms with Gasteiger partial charge in [-0.1, -0.05) is 12.1 Å². The molecule has 4 aromatic rings. The molecule has 0 aliphatic carbocycles. The number of likely N-dealkylation sites (tertiary alicyclic amines) is 3. The molecule has 5 heterocycles. The molecule has 8 nitrogen and oxygen atoms in total. The van der Waals surface area contributed by atoms with Gasteiger partial charge in [-0.2, -0.15) is 0 Å². The average Bonchev–Trinajstić information content (AvgIpc) is 3.84. The minimum absolute atomic E-state index is 0.0744. The molecule has 3 saturated heterocycles. The van der Waals surface area contributed by atoms with E-state index in [4.69, 9.17) is 4.74 Å². The highest BCUT2D eigenvalue weighted by atomic mass is 16.5. The van der Waals surface area contributed by atoms with Crippen LogP contribution in [0.5, 0.6) is 0 Å². The number of carbonyl (C=O) groups excluding carboxylic acids is 1. The van der Waals surface area contributed by atoms with Gasteiger partial charge in [0.1, 0.15) is 12.1 Å². The van der Waals surface area contributed by atoms with E-state index in [0.717, 1.165) is 105 Å². The van der Waals surface area contributed by atoms with Gasteiger partial charge in [0, 0.05) is 43.5 Å². The van der Waals surface area contributed by atoms with E-state index < -0.39 is 0 Å². The SMILES string of the molecule is O=C(OCCN1CCCC1)c1ccc2c(c1)c1c(c(=O)c3ccccc3n1CCN1CCCC1)n2CCN1CCCC1. The molecule has 2 aromatic carbocycles. The number of para-hydroxylation sites is 1. The average molecular weight is 570 g/mol. The molecule has 0 radical (unpaired) electrons. The van der Waals surface area contributed by atoms with Crippen molar-refractivity contribution in [3.63, 3.8) is 0 Å². The predicted molar refractivity (Wildman–Crippen MR) is 169 cm³/mol. The molecule has 222 valence electrons. The number of rotatable bonds is 10. The minimum atomic E-state index is -0.291. The smallest absolute Gasteiger partial charge is 0.338 e.